The Labute approximate surface area is 334 Å². The summed E-state index contributed by atoms with van der Waals surface area (Å²) in [5, 5.41) is 14.3. The quantitative estimate of drug-likeness (QED) is 0.297. The number of ether oxygens (including phenoxy) is 3. The van der Waals surface area contributed by atoms with Gasteiger partial charge in [0.2, 0.25) is 27.7 Å². The van der Waals surface area contributed by atoms with E-state index in [1.807, 2.05) is 0 Å². The Balaban J connectivity index is 1.44. The SMILES string of the molecule is CC[C@@H]1O[C@H](C)CC/C=C\[C@@H]2C[C@@]2(C(=O)NS(=O)(=O)C2(C)CC2)NC(=O)[C@@H]2C[C@@H](Oc3ncc(OC)c4ccccc34)CN2C(=O)[C@H]1N(C(=O)O)C(C)(C)C(F)(F)F. The van der Waals surface area contributed by atoms with E-state index in [0.29, 0.717) is 56.1 Å². The molecule has 1 saturated heterocycles. The van der Waals surface area contributed by atoms with Crippen molar-refractivity contribution in [3.8, 4) is 11.6 Å². The zero-order chi connectivity index (χ0) is 42.6. The van der Waals surface area contributed by atoms with Gasteiger partial charge in [0.25, 0.3) is 5.91 Å². The first-order valence-corrected chi connectivity index (χ1v) is 20.8. The molecule has 4 aliphatic rings. The monoisotopic (exact) mass is 837 g/mol. The summed E-state index contributed by atoms with van der Waals surface area (Å²) < 4.78 is 89.6. The van der Waals surface area contributed by atoms with Crippen molar-refractivity contribution in [2.24, 2.45) is 5.92 Å². The van der Waals surface area contributed by atoms with Crippen LogP contribution in [0.3, 0.4) is 0 Å². The van der Waals surface area contributed by atoms with Crippen molar-refractivity contribution in [2.45, 2.75) is 132 Å². The first-order valence-electron chi connectivity index (χ1n) is 19.3. The number of alkyl halides is 3. The number of amides is 4. The van der Waals surface area contributed by atoms with Crippen LogP contribution in [0.15, 0.2) is 42.6 Å². The Morgan fingerprint density at radius 1 is 1.17 bits per heavy atom. The van der Waals surface area contributed by atoms with E-state index < -0.39 is 98.7 Å². The predicted molar refractivity (Wildman–Crippen MR) is 203 cm³/mol. The number of halogens is 3. The van der Waals surface area contributed by atoms with E-state index in [0.717, 1.165) is 4.90 Å². The minimum Gasteiger partial charge on any atom is -0.494 e. The van der Waals surface area contributed by atoms with Gasteiger partial charge in [0.1, 0.15) is 35.0 Å². The number of nitrogens with one attached hydrogen (secondary N) is 2. The van der Waals surface area contributed by atoms with Crippen LogP contribution in [0.5, 0.6) is 11.6 Å². The van der Waals surface area contributed by atoms with Gasteiger partial charge in [0.15, 0.2) is 0 Å². The summed E-state index contributed by atoms with van der Waals surface area (Å²) in [6.07, 6.45) is -4.44. The van der Waals surface area contributed by atoms with Crippen LogP contribution in [0.25, 0.3) is 10.8 Å². The second-order valence-corrected chi connectivity index (χ2v) is 18.6. The lowest BCUT2D eigenvalue weighted by molar-refractivity contribution is -0.226. The highest BCUT2D eigenvalue weighted by Gasteiger charge is 2.64. The van der Waals surface area contributed by atoms with Crippen LogP contribution in [-0.2, 0) is 29.1 Å². The number of benzene rings is 1. The molecule has 2 saturated carbocycles. The predicted octanol–water partition coefficient (Wildman–Crippen LogP) is 4.69. The summed E-state index contributed by atoms with van der Waals surface area (Å²) in [4.78, 5) is 61.9. The third kappa shape index (κ3) is 7.90. The van der Waals surface area contributed by atoms with Crippen LogP contribution < -0.4 is 19.5 Å². The Morgan fingerprint density at radius 2 is 1.84 bits per heavy atom. The van der Waals surface area contributed by atoms with E-state index in [1.165, 1.54) is 20.2 Å². The number of aromatic nitrogens is 1. The van der Waals surface area contributed by atoms with Crippen LogP contribution in [0.2, 0.25) is 0 Å². The summed E-state index contributed by atoms with van der Waals surface area (Å²) in [6.45, 7) is 5.60. The molecule has 0 bridgehead atoms. The van der Waals surface area contributed by atoms with Crippen LogP contribution >= 0.6 is 0 Å². The topological polar surface area (TPSA) is 194 Å². The molecule has 58 heavy (non-hydrogen) atoms. The Kier molecular flexibility index (Phi) is 11.5. The van der Waals surface area contributed by atoms with Crippen molar-refractivity contribution >= 4 is 44.6 Å². The van der Waals surface area contributed by atoms with E-state index in [2.05, 4.69) is 15.0 Å². The van der Waals surface area contributed by atoms with Crippen molar-refractivity contribution in [2.75, 3.05) is 13.7 Å². The van der Waals surface area contributed by atoms with Crippen molar-refractivity contribution in [3.63, 3.8) is 0 Å². The molecular formula is C39H50F3N5O10S. The van der Waals surface area contributed by atoms with Gasteiger partial charge < -0.3 is 29.5 Å². The van der Waals surface area contributed by atoms with E-state index in [9.17, 15) is 41.1 Å². The average molecular weight is 838 g/mol. The number of sulfonamides is 1. The number of carboxylic acid groups (broad SMARTS) is 1. The van der Waals surface area contributed by atoms with Gasteiger partial charge in [0.05, 0.1) is 36.8 Å². The molecule has 2 aliphatic heterocycles. The van der Waals surface area contributed by atoms with E-state index >= 15 is 4.79 Å². The normalized spacial score (nSPS) is 29.5. The van der Waals surface area contributed by atoms with Crippen LogP contribution in [-0.4, -0.2) is 118 Å². The molecule has 6 rings (SSSR count). The van der Waals surface area contributed by atoms with Gasteiger partial charge in [-0.2, -0.15) is 13.2 Å². The van der Waals surface area contributed by atoms with Gasteiger partial charge >= 0.3 is 12.3 Å². The molecule has 1 aromatic carbocycles. The Morgan fingerprint density at radius 3 is 2.45 bits per heavy atom. The van der Waals surface area contributed by atoms with Gasteiger partial charge in [-0.15, -0.1) is 0 Å². The van der Waals surface area contributed by atoms with Crippen LogP contribution in [0.4, 0.5) is 18.0 Å². The fraction of sp³-hybridized carbons (Fsp3) is 0.615. The number of nitrogens with zero attached hydrogens (tertiary/aromatic N) is 3. The Bertz CT molecular complexity index is 2090. The molecular weight excluding hydrogens is 788 g/mol. The van der Waals surface area contributed by atoms with E-state index in [4.69, 9.17) is 14.2 Å². The molecule has 2 aromatic rings. The number of rotatable bonds is 9. The molecule has 3 heterocycles. The first kappa shape index (κ1) is 42.9. The number of hydrogen-bond acceptors (Lipinski definition) is 10. The molecule has 3 fully saturated rings. The lowest BCUT2D eigenvalue weighted by atomic mass is 9.95. The van der Waals surface area contributed by atoms with Gasteiger partial charge in [-0.25, -0.2) is 18.2 Å². The molecule has 2 aliphatic carbocycles. The number of carbonyl (C=O) groups excluding carboxylic acids is 3. The summed E-state index contributed by atoms with van der Waals surface area (Å²) in [5.41, 5.74) is -4.86. The number of hydrogen-bond donors (Lipinski definition) is 3. The maximum atomic E-state index is 15.0. The molecule has 3 N–H and O–H groups in total. The summed E-state index contributed by atoms with van der Waals surface area (Å²) in [7, 11) is -2.67. The highest BCUT2D eigenvalue weighted by atomic mass is 32.2. The molecule has 318 valence electrons. The fourth-order valence-electron chi connectivity index (χ4n) is 7.80. The van der Waals surface area contributed by atoms with E-state index in [1.54, 1.807) is 50.3 Å². The zero-order valence-electron chi connectivity index (χ0n) is 33.2. The Hall–Kier alpha value is -4.65. The van der Waals surface area contributed by atoms with Gasteiger partial charge in [-0.05, 0) is 72.3 Å². The number of pyridine rings is 1. The minimum absolute atomic E-state index is 0.0226. The molecule has 15 nitrogen and oxygen atoms in total. The highest BCUT2D eigenvalue weighted by Crippen LogP contribution is 2.48. The molecule has 1 aromatic heterocycles. The van der Waals surface area contributed by atoms with Gasteiger partial charge in [-0.3, -0.25) is 24.0 Å². The molecule has 0 radical (unpaired) electrons. The number of fused-ring (bicyclic) bond motifs is 3. The van der Waals surface area contributed by atoms with Gasteiger partial charge in [0, 0.05) is 23.1 Å². The molecule has 0 unspecified atom stereocenters. The maximum absolute atomic E-state index is 15.0. The largest absolute Gasteiger partial charge is 0.494 e. The molecule has 7 atom stereocenters. The fourth-order valence-corrected chi connectivity index (χ4v) is 9.11. The average Bonchev–Trinajstić information content (AvgIpc) is 4.03. The first-order chi connectivity index (χ1) is 27.1. The standard InChI is InChI=1S/C39H50F3N5O10S/c1-7-28-30(47(35(51)52)36(3,4)39(40,41)42)33(49)46-21-24(57-32-26-15-11-10-14-25(26)29(55-6)20-43-32)18-27(46)31(48)44-38(19-23(38)13-9-8-12-22(2)56-28)34(50)45-58(53,54)37(5)16-17-37/h9-11,13-15,20,22-24,27-28,30H,7-8,12,16-19,21H2,1-6H3,(H,44,48)(H,45,50)(H,51,52)/b13-9-/t22-,23-,24-,27+,28+,30+,38-/m1/s1. The van der Waals surface area contributed by atoms with Crippen LogP contribution in [0.1, 0.15) is 79.6 Å². The third-order valence-corrected chi connectivity index (χ3v) is 14.1. The van der Waals surface area contributed by atoms with Crippen molar-refractivity contribution in [1.29, 1.82) is 0 Å². The maximum Gasteiger partial charge on any atom is 0.411 e. The number of allylic oxidation sites excluding steroid dienone is 1. The number of carbonyl (C=O) groups is 4. The van der Waals surface area contributed by atoms with Crippen molar-refractivity contribution in [3.05, 3.63) is 42.6 Å². The smallest absolute Gasteiger partial charge is 0.411 e. The van der Waals surface area contributed by atoms with E-state index in [-0.39, 0.29) is 30.0 Å². The summed E-state index contributed by atoms with van der Waals surface area (Å²) in [6, 6.07) is 3.37. The molecule has 0 spiro atoms. The van der Waals surface area contributed by atoms with Crippen LogP contribution in [0, 0.1) is 5.92 Å². The molecule has 19 heteroatoms. The van der Waals surface area contributed by atoms with Gasteiger partial charge in [-0.1, -0.05) is 37.3 Å². The highest BCUT2D eigenvalue weighted by molar-refractivity contribution is 7.91. The third-order valence-electron chi connectivity index (χ3n) is 12.0. The lowest BCUT2D eigenvalue weighted by Gasteiger charge is -2.45. The zero-order valence-corrected chi connectivity index (χ0v) is 34.0. The minimum atomic E-state index is -5.15. The van der Waals surface area contributed by atoms with Crippen molar-refractivity contribution < 1.29 is 60.1 Å². The molecule has 4 amide bonds. The van der Waals surface area contributed by atoms with Crippen molar-refractivity contribution in [1.82, 2.24) is 24.8 Å². The second kappa shape index (κ2) is 15.5. The number of methoxy groups -OCH3 is 1. The lowest BCUT2D eigenvalue weighted by Crippen LogP contribution is -2.68. The summed E-state index contributed by atoms with van der Waals surface area (Å²) in [5.74, 6) is -3.13. The second-order valence-electron chi connectivity index (χ2n) is 16.4. The summed E-state index contributed by atoms with van der Waals surface area (Å²) >= 11 is 0.